The van der Waals surface area contributed by atoms with Crippen LogP contribution in [0.2, 0.25) is 0 Å². The van der Waals surface area contributed by atoms with Crippen molar-refractivity contribution in [1.29, 1.82) is 0 Å². The highest BCUT2D eigenvalue weighted by Gasteiger charge is 2.41. The number of nitrogens with zero attached hydrogens (tertiary/aromatic N) is 2. The summed E-state index contributed by atoms with van der Waals surface area (Å²) in [6, 6.07) is 5.20. The van der Waals surface area contributed by atoms with Gasteiger partial charge in [0.25, 0.3) is 0 Å². The Balaban J connectivity index is 1.60. The summed E-state index contributed by atoms with van der Waals surface area (Å²) in [5.41, 5.74) is 7.96. The summed E-state index contributed by atoms with van der Waals surface area (Å²) < 4.78 is 6.46. The molecule has 0 bridgehead atoms. The van der Waals surface area contributed by atoms with Crippen LogP contribution in [0.3, 0.4) is 0 Å². The monoisotopic (exact) mass is 392 g/mol. The molecule has 24 heavy (non-hydrogen) atoms. The van der Waals surface area contributed by atoms with Gasteiger partial charge in [-0.3, -0.25) is 10.3 Å². The molecule has 2 aromatic heterocycles. The van der Waals surface area contributed by atoms with Gasteiger partial charge in [0.05, 0.1) is 5.69 Å². The Morgan fingerprint density at radius 2 is 2.17 bits per heavy atom. The zero-order valence-corrected chi connectivity index (χ0v) is 14.5. The second-order valence-corrected chi connectivity index (χ2v) is 5.91. The standard InChI is InChI=1S/C15H17BrN6O2/c1-2-18-15(23)20-12-7-10(11(16)8-19-12)13-14(24-13)22-21-9-3-5-17-6-4-9/h3-8,13-14,22H,2H2,1H3,(H,17,21)(H2,18,19,20,23). The molecule has 3 rings (SSSR count). The molecule has 1 saturated heterocycles. The van der Waals surface area contributed by atoms with Gasteiger partial charge in [0.15, 0.2) is 6.23 Å². The van der Waals surface area contributed by atoms with E-state index in [1.54, 1.807) is 24.7 Å². The first kappa shape index (κ1) is 16.6. The van der Waals surface area contributed by atoms with E-state index in [-0.39, 0.29) is 18.4 Å². The van der Waals surface area contributed by atoms with Crippen molar-refractivity contribution < 1.29 is 9.53 Å². The number of urea groups is 1. The van der Waals surface area contributed by atoms with Crippen molar-refractivity contribution >= 4 is 33.5 Å². The normalized spacial score (nSPS) is 18.8. The summed E-state index contributed by atoms with van der Waals surface area (Å²) in [6.07, 6.45) is 4.74. The first-order chi connectivity index (χ1) is 11.7. The van der Waals surface area contributed by atoms with E-state index >= 15 is 0 Å². The van der Waals surface area contributed by atoms with Crippen LogP contribution in [-0.4, -0.2) is 28.8 Å². The number of aromatic nitrogens is 2. The molecule has 0 saturated carbocycles. The second kappa shape index (κ2) is 7.56. The molecule has 0 spiro atoms. The van der Waals surface area contributed by atoms with Crippen LogP contribution in [0.25, 0.3) is 0 Å². The van der Waals surface area contributed by atoms with Crippen LogP contribution in [0.5, 0.6) is 0 Å². The van der Waals surface area contributed by atoms with E-state index in [4.69, 9.17) is 4.74 Å². The zero-order valence-electron chi connectivity index (χ0n) is 12.9. The molecule has 2 amide bonds. The van der Waals surface area contributed by atoms with E-state index in [2.05, 4.69) is 47.4 Å². The lowest BCUT2D eigenvalue weighted by molar-refractivity contribution is 0.252. The van der Waals surface area contributed by atoms with E-state index in [9.17, 15) is 4.79 Å². The second-order valence-electron chi connectivity index (χ2n) is 5.06. The molecule has 1 aliphatic rings. The summed E-state index contributed by atoms with van der Waals surface area (Å²) in [5.74, 6) is 0.468. The minimum absolute atomic E-state index is 0.133. The number of carbonyl (C=O) groups is 1. The maximum absolute atomic E-state index is 11.6. The molecule has 2 unspecified atom stereocenters. The van der Waals surface area contributed by atoms with Crippen LogP contribution >= 0.6 is 15.9 Å². The molecular formula is C15H17BrN6O2. The van der Waals surface area contributed by atoms with Gasteiger partial charge < -0.3 is 15.5 Å². The quantitative estimate of drug-likeness (QED) is 0.444. The van der Waals surface area contributed by atoms with Crippen LogP contribution in [0.4, 0.5) is 16.3 Å². The van der Waals surface area contributed by atoms with Gasteiger partial charge in [-0.2, -0.15) is 0 Å². The van der Waals surface area contributed by atoms with Crippen LogP contribution < -0.4 is 21.5 Å². The average molecular weight is 393 g/mol. The first-order valence-electron chi connectivity index (χ1n) is 7.44. The number of rotatable bonds is 6. The predicted molar refractivity (Wildman–Crippen MR) is 93.2 cm³/mol. The lowest BCUT2D eigenvalue weighted by atomic mass is 10.2. The smallest absolute Gasteiger partial charge is 0.320 e. The van der Waals surface area contributed by atoms with Crippen molar-refractivity contribution in [3.05, 3.63) is 46.8 Å². The lowest BCUT2D eigenvalue weighted by Gasteiger charge is -2.08. The number of nitrogens with one attached hydrogen (secondary N) is 4. The topological polar surface area (TPSA) is 104 Å². The van der Waals surface area contributed by atoms with Gasteiger partial charge >= 0.3 is 6.03 Å². The number of pyridine rings is 2. The number of carbonyl (C=O) groups excluding carboxylic acids is 1. The molecule has 8 nitrogen and oxygen atoms in total. The van der Waals surface area contributed by atoms with Crippen molar-refractivity contribution in [2.24, 2.45) is 0 Å². The number of anilines is 2. The summed E-state index contributed by atoms with van der Waals surface area (Å²) in [6.45, 7) is 2.40. The zero-order chi connectivity index (χ0) is 16.9. The van der Waals surface area contributed by atoms with Gasteiger partial charge in [-0.25, -0.2) is 15.2 Å². The van der Waals surface area contributed by atoms with Gasteiger partial charge in [0.2, 0.25) is 0 Å². The molecule has 0 aromatic carbocycles. The predicted octanol–water partition coefficient (Wildman–Crippen LogP) is 2.39. The highest BCUT2D eigenvalue weighted by molar-refractivity contribution is 9.10. The molecule has 0 radical (unpaired) electrons. The minimum atomic E-state index is -0.288. The van der Waals surface area contributed by atoms with Gasteiger partial charge in [-0.15, -0.1) is 0 Å². The Bertz CT molecular complexity index is 714. The van der Waals surface area contributed by atoms with Crippen LogP contribution in [0, 0.1) is 0 Å². The minimum Gasteiger partial charge on any atom is -0.346 e. The third-order valence-corrected chi connectivity index (χ3v) is 3.96. The number of hydrazine groups is 1. The first-order valence-corrected chi connectivity index (χ1v) is 8.24. The van der Waals surface area contributed by atoms with Crippen molar-refractivity contribution in [3.63, 3.8) is 0 Å². The number of epoxide rings is 1. The van der Waals surface area contributed by atoms with Crippen molar-refractivity contribution in [2.45, 2.75) is 19.3 Å². The number of hydrogen-bond acceptors (Lipinski definition) is 6. The summed E-state index contributed by atoms with van der Waals surface area (Å²) in [4.78, 5) is 19.7. The largest absolute Gasteiger partial charge is 0.346 e. The van der Waals surface area contributed by atoms with Crippen LogP contribution in [0.1, 0.15) is 18.6 Å². The van der Waals surface area contributed by atoms with E-state index in [0.29, 0.717) is 12.4 Å². The third kappa shape index (κ3) is 4.19. The fraction of sp³-hybridized carbons (Fsp3) is 0.267. The van der Waals surface area contributed by atoms with Gasteiger partial charge in [0.1, 0.15) is 11.9 Å². The molecule has 9 heteroatoms. The SMILES string of the molecule is CCNC(=O)Nc1cc(C2OC2NNc2ccncc2)c(Br)cn1. The molecule has 3 heterocycles. The molecule has 2 aromatic rings. The molecule has 4 N–H and O–H groups in total. The van der Waals surface area contributed by atoms with Crippen molar-refractivity contribution in [1.82, 2.24) is 20.7 Å². The number of hydrogen-bond donors (Lipinski definition) is 4. The molecule has 1 fully saturated rings. The van der Waals surface area contributed by atoms with E-state index < -0.39 is 0 Å². The molecular weight excluding hydrogens is 376 g/mol. The molecule has 1 aliphatic heterocycles. The van der Waals surface area contributed by atoms with Crippen LogP contribution in [-0.2, 0) is 4.74 Å². The van der Waals surface area contributed by atoms with E-state index in [1.807, 2.05) is 19.1 Å². The Hall–Kier alpha value is -2.23. The fourth-order valence-corrected chi connectivity index (χ4v) is 2.55. The number of halogens is 1. The average Bonchev–Trinajstić information content (AvgIpc) is 3.35. The van der Waals surface area contributed by atoms with Crippen molar-refractivity contribution in [3.8, 4) is 0 Å². The van der Waals surface area contributed by atoms with Crippen LogP contribution in [0.15, 0.2) is 41.3 Å². The molecule has 2 atom stereocenters. The van der Waals surface area contributed by atoms with E-state index in [0.717, 1.165) is 15.7 Å². The summed E-state index contributed by atoms with van der Waals surface area (Å²) >= 11 is 3.46. The van der Waals surface area contributed by atoms with E-state index in [1.165, 1.54) is 0 Å². The maximum Gasteiger partial charge on any atom is 0.320 e. The maximum atomic E-state index is 11.6. The Morgan fingerprint density at radius 1 is 1.38 bits per heavy atom. The van der Waals surface area contributed by atoms with Gasteiger partial charge in [0, 0.05) is 35.2 Å². The summed E-state index contributed by atoms with van der Waals surface area (Å²) in [5, 5.41) is 5.34. The van der Waals surface area contributed by atoms with Gasteiger partial charge in [-0.1, -0.05) is 0 Å². The van der Waals surface area contributed by atoms with Gasteiger partial charge in [-0.05, 0) is 41.1 Å². The molecule has 126 valence electrons. The fourth-order valence-electron chi connectivity index (χ4n) is 2.11. The molecule has 0 aliphatic carbocycles. The highest BCUT2D eigenvalue weighted by atomic mass is 79.9. The third-order valence-electron chi connectivity index (χ3n) is 3.30. The Labute approximate surface area is 147 Å². The summed E-state index contributed by atoms with van der Waals surface area (Å²) in [7, 11) is 0. The number of amides is 2. The Morgan fingerprint density at radius 3 is 2.92 bits per heavy atom. The van der Waals surface area contributed by atoms with Crippen molar-refractivity contribution in [2.75, 3.05) is 17.3 Å². The Kier molecular flexibility index (Phi) is 5.24. The highest BCUT2D eigenvalue weighted by Crippen LogP contribution is 2.40. The lowest BCUT2D eigenvalue weighted by Crippen LogP contribution is -2.28. The number of ether oxygens (including phenoxy) is 1.